The molecule has 4 rings (SSSR count). The highest BCUT2D eigenvalue weighted by atomic mass is 16.5. The first-order valence-corrected chi connectivity index (χ1v) is 9.40. The minimum absolute atomic E-state index is 0.531. The Hall–Kier alpha value is -3.80. The Kier molecular flexibility index (Phi) is 5.39. The first-order valence-electron chi connectivity index (χ1n) is 9.40. The topological polar surface area (TPSA) is 62.7 Å². The summed E-state index contributed by atoms with van der Waals surface area (Å²) in [4.78, 5) is 9.84. The molecule has 0 aliphatic rings. The first kappa shape index (κ1) is 19.5. The van der Waals surface area contributed by atoms with Crippen LogP contribution in [0.3, 0.4) is 0 Å². The molecule has 0 aliphatic heterocycles. The summed E-state index contributed by atoms with van der Waals surface area (Å²) in [5.41, 5.74) is 4.84. The summed E-state index contributed by atoms with van der Waals surface area (Å²) < 4.78 is 21.8. The second kappa shape index (κ2) is 8.29. The minimum atomic E-state index is 0.531. The van der Waals surface area contributed by atoms with Gasteiger partial charge in [0.05, 0.1) is 50.9 Å². The van der Waals surface area contributed by atoms with Crippen LogP contribution in [0.4, 0.5) is 0 Å². The molecule has 6 nitrogen and oxygen atoms in total. The number of benzene rings is 3. The molecule has 0 atom stereocenters. The van der Waals surface area contributed by atoms with Crippen LogP contribution >= 0.6 is 0 Å². The number of nitrogens with zero attached hydrogens (tertiary/aromatic N) is 2. The van der Waals surface area contributed by atoms with Gasteiger partial charge >= 0.3 is 0 Å². The summed E-state index contributed by atoms with van der Waals surface area (Å²) in [6.45, 7) is 0. The predicted molar refractivity (Wildman–Crippen MR) is 117 cm³/mol. The summed E-state index contributed by atoms with van der Waals surface area (Å²) in [7, 11) is 6.42. The van der Waals surface area contributed by atoms with Crippen LogP contribution in [-0.4, -0.2) is 38.4 Å². The van der Waals surface area contributed by atoms with E-state index in [0.29, 0.717) is 17.2 Å². The quantitative estimate of drug-likeness (QED) is 0.452. The molecular weight excluding hydrogens is 380 g/mol. The van der Waals surface area contributed by atoms with Crippen LogP contribution in [0.25, 0.3) is 33.5 Å². The molecule has 0 spiro atoms. The lowest BCUT2D eigenvalue weighted by Crippen LogP contribution is -1.99. The molecular formula is C24H22N2O4. The van der Waals surface area contributed by atoms with Gasteiger partial charge in [-0.25, -0.2) is 9.97 Å². The van der Waals surface area contributed by atoms with Crippen molar-refractivity contribution in [2.24, 2.45) is 0 Å². The van der Waals surface area contributed by atoms with Crippen molar-refractivity contribution in [3.05, 3.63) is 60.7 Å². The van der Waals surface area contributed by atoms with E-state index in [2.05, 4.69) is 0 Å². The molecule has 0 saturated heterocycles. The van der Waals surface area contributed by atoms with Gasteiger partial charge in [0.15, 0.2) is 11.5 Å². The molecule has 0 fully saturated rings. The molecule has 0 saturated carbocycles. The SMILES string of the molecule is COc1ccc(-c2nc3ccccc3nc2-c2cc(OC)c(OC)c(OC)c2)cc1. The molecule has 1 heterocycles. The van der Waals surface area contributed by atoms with Crippen molar-refractivity contribution in [2.45, 2.75) is 0 Å². The van der Waals surface area contributed by atoms with Gasteiger partial charge in [-0.05, 0) is 48.5 Å². The fourth-order valence-corrected chi connectivity index (χ4v) is 3.37. The Bertz CT molecular complexity index is 1160. The zero-order chi connectivity index (χ0) is 21.1. The third-order valence-corrected chi connectivity index (χ3v) is 4.87. The number of hydrogen-bond acceptors (Lipinski definition) is 6. The average Bonchev–Trinajstić information content (AvgIpc) is 2.82. The van der Waals surface area contributed by atoms with Crippen molar-refractivity contribution in [2.75, 3.05) is 28.4 Å². The van der Waals surface area contributed by atoms with Crippen molar-refractivity contribution in [3.63, 3.8) is 0 Å². The van der Waals surface area contributed by atoms with Gasteiger partial charge in [0.2, 0.25) is 5.75 Å². The van der Waals surface area contributed by atoms with E-state index in [1.165, 1.54) is 0 Å². The maximum Gasteiger partial charge on any atom is 0.203 e. The van der Waals surface area contributed by atoms with E-state index in [1.807, 2.05) is 60.7 Å². The lowest BCUT2D eigenvalue weighted by molar-refractivity contribution is 0.324. The molecule has 0 unspecified atom stereocenters. The molecule has 152 valence electrons. The summed E-state index contributed by atoms with van der Waals surface area (Å²) in [6.07, 6.45) is 0. The molecule has 6 heteroatoms. The van der Waals surface area contributed by atoms with Crippen molar-refractivity contribution >= 4 is 11.0 Å². The molecule has 0 bridgehead atoms. The highest BCUT2D eigenvalue weighted by Crippen LogP contribution is 2.42. The lowest BCUT2D eigenvalue weighted by Gasteiger charge is -2.16. The summed E-state index contributed by atoms with van der Waals surface area (Å²) in [5, 5.41) is 0. The van der Waals surface area contributed by atoms with E-state index in [-0.39, 0.29) is 0 Å². The van der Waals surface area contributed by atoms with Crippen LogP contribution in [0.15, 0.2) is 60.7 Å². The first-order chi connectivity index (χ1) is 14.7. The van der Waals surface area contributed by atoms with Gasteiger partial charge < -0.3 is 18.9 Å². The third-order valence-electron chi connectivity index (χ3n) is 4.87. The van der Waals surface area contributed by atoms with Crippen LogP contribution in [0.2, 0.25) is 0 Å². The Balaban J connectivity index is 1.99. The molecule has 0 aliphatic carbocycles. The monoisotopic (exact) mass is 402 g/mol. The predicted octanol–water partition coefficient (Wildman–Crippen LogP) is 5.00. The molecule has 0 amide bonds. The van der Waals surface area contributed by atoms with E-state index >= 15 is 0 Å². The van der Waals surface area contributed by atoms with Gasteiger partial charge in [-0.3, -0.25) is 0 Å². The van der Waals surface area contributed by atoms with E-state index in [0.717, 1.165) is 39.3 Å². The lowest BCUT2D eigenvalue weighted by atomic mass is 10.0. The van der Waals surface area contributed by atoms with Crippen molar-refractivity contribution < 1.29 is 18.9 Å². The third kappa shape index (κ3) is 3.48. The number of hydrogen-bond donors (Lipinski definition) is 0. The van der Waals surface area contributed by atoms with Crippen LogP contribution in [-0.2, 0) is 0 Å². The van der Waals surface area contributed by atoms with E-state index in [1.54, 1.807) is 28.4 Å². The highest BCUT2D eigenvalue weighted by Gasteiger charge is 2.19. The zero-order valence-electron chi connectivity index (χ0n) is 17.3. The number of aromatic nitrogens is 2. The Labute approximate surface area is 175 Å². The van der Waals surface area contributed by atoms with Gasteiger partial charge in [-0.1, -0.05) is 12.1 Å². The van der Waals surface area contributed by atoms with Crippen LogP contribution in [0, 0.1) is 0 Å². The number of methoxy groups -OCH3 is 4. The Morgan fingerprint density at radius 2 is 1.10 bits per heavy atom. The second-order valence-corrected chi connectivity index (χ2v) is 6.55. The maximum absolute atomic E-state index is 5.53. The summed E-state index contributed by atoms with van der Waals surface area (Å²) >= 11 is 0. The van der Waals surface area contributed by atoms with Gasteiger partial charge in [0.1, 0.15) is 5.75 Å². The van der Waals surface area contributed by atoms with Crippen molar-refractivity contribution in [1.82, 2.24) is 9.97 Å². The van der Waals surface area contributed by atoms with E-state index in [9.17, 15) is 0 Å². The number of para-hydroxylation sites is 2. The van der Waals surface area contributed by atoms with Crippen molar-refractivity contribution in [1.29, 1.82) is 0 Å². The highest BCUT2D eigenvalue weighted by molar-refractivity contribution is 5.87. The molecule has 1 aromatic heterocycles. The molecule has 4 aromatic rings. The maximum atomic E-state index is 5.53. The molecule has 0 radical (unpaired) electrons. The van der Waals surface area contributed by atoms with Crippen LogP contribution < -0.4 is 18.9 Å². The van der Waals surface area contributed by atoms with Crippen LogP contribution in [0.5, 0.6) is 23.0 Å². The molecule has 30 heavy (non-hydrogen) atoms. The van der Waals surface area contributed by atoms with Gasteiger partial charge in [-0.2, -0.15) is 0 Å². The number of fused-ring (bicyclic) bond motifs is 1. The zero-order valence-corrected chi connectivity index (χ0v) is 17.3. The summed E-state index contributed by atoms with van der Waals surface area (Å²) in [5.74, 6) is 2.43. The fourth-order valence-electron chi connectivity index (χ4n) is 3.37. The van der Waals surface area contributed by atoms with Crippen molar-refractivity contribution in [3.8, 4) is 45.5 Å². The minimum Gasteiger partial charge on any atom is -0.497 e. The summed E-state index contributed by atoms with van der Waals surface area (Å²) in [6, 6.07) is 19.3. The van der Waals surface area contributed by atoms with E-state index < -0.39 is 0 Å². The standard InChI is InChI=1S/C24H22N2O4/c1-27-17-11-9-15(10-12-17)22-23(26-19-8-6-5-7-18(19)25-22)16-13-20(28-2)24(30-4)21(14-16)29-3/h5-14H,1-4H3. The average molecular weight is 402 g/mol. The van der Waals surface area contributed by atoms with Gasteiger partial charge in [-0.15, -0.1) is 0 Å². The molecule has 0 N–H and O–H groups in total. The van der Waals surface area contributed by atoms with E-state index in [4.69, 9.17) is 28.9 Å². The largest absolute Gasteiger partial charge is 0.497 e. The smallest absolute Gasteiger partial charge is 0.203 e. The molecule has 3 aromatic carbocycles. The Morgan fingerprint density at radius 3 is 1.57 bits per heavy atom. The normalized spacial score (nSPS) is 10.7. The number of ether oxygens (including phenoxy) is 4. The van der Waals surface area contributed by atoms with Gasteiger partial charge in [0, 0.05) is 11.1 Å². The van der Waals surface area contributed by atoms with Gasteiger partial charge in [0.25, 0.3) is 0 Å². The number of rotatable bonds is 6. The fraction of sp³-hybridized carbons (Fsp3) is 0.167. The Morgan fingerprint density at radius 1 is 0.567 bits per heavy atom. The second-order valence-electron chi connectivity index (χ2n) is 6.55. The van der Waals surface area contributed by atoms with Crippen LogP contribution in [0.1, 0.15) is 0 Å².